The third-order valence-electron chi connectivity index (χ3n) is 2.41. The minimum atomic E-state index is 0.222. The van der Waals surface area contributed by atoms with Crippen molar-refractivity contribution in [3.05, 3.63) is 12.2 Å². The Labute approximate surface area is 91.9 Å². The molecule has 0 spiro atoms. The number of hydrogen-bond acceptors (Lipinski definition) is 3. The Kier molecular flexibility index (Phi) is 4.78. The summed E-state index contributed by atoms with van der Waals surface area (Å²) in [6.07, 6.45) is 0. The lowest BCUT2D eigenvalue weighted by atomic mass is 10.3. The molecule has 1 amide bonds. The summed E-state index contributed by atoms with van der Waals surface area (Å²) in [6, 6.07) is 0. The van der Waals surface area contributed by atoms with E-state index in [0.717, 1.165) is 38.3 Å². The van der Waals surface area contributed by atoms with Gasteiger partial charge in [0.1, 0.15) is 0 Å². The van der Waals surface area contributed by atoms with Crippen molar-refractivity contribution in [3.63, 3.8) is 0 Å². The SMILES string of the molecule is C=C(C)CN(C)CC(=O)N1CCNCC1. The van der Waals surface area contributed by atoms with Gasteiger partial charge in [0, 0.05) is 32.7 Å². The van der Waals surface area contributed by atoms with Gasteiger partial charge < -0.3 is 10.2 Å². The molecule has 0 aromatic heterocycles. The van der Waals surface area contributed by atoms with Gasteiger partial charge >= 0.3 is 0 Å². The van der Waals surface area contributed by atoms with Crippen molar-refractivity contribution < 1.29 is 4.79 Å². The Morgan fingerprint density at radius 1 is 1.40 bits per heavy atom. The van der Waals surface area contributed by atoms with Gasteiger partial charge in [-0.1, -0.05) is 12.2 Å². The zero-order valence-electron chi connectivity index (χ0n) is 9.75. The molecule has 15 heavy (non-hydrogen) atoms. The Morgan fingerprint density at radius 2 is 2.00 bits per heavy atom. The maximum absolute atomic E-state index is 11.8. The normalized spacial score (nSPS) is 16.9. The maximum atomic E-state index is 11.8. The number of carbonyl (C=O) groups is 1. The Balaban J connectivity index is 2.30. The van der Waals surface area contributed by atoms with Crippen LogP contribution in [0.25, 0.3) is 0 Å². The van der Waals surface area contributed by atoms with Crippen LogP contribution in [0.2, 0.25) is 0 Å². The molecule has 0 saturated carbocycles. The molecular formula is C11H21N3O. The molecule has 0 aliphatic carbocycles. The first-order chi connectivity index (χ1) is 7.09. The van der Waals surface area contributed by atoms with Gasteiger partial charge in [0.2, 0.25) is 5.91 Å². The lowest BCUT2D eigenvalue weighted by Gasteiger charge is -2.29. The van der Waals surface area contributed by atoms with Crippen LogP contribution in [0.15, 0.2) is 12.2 Å². The van der Waals surface area contributed by atoms with Crippen LogP contribution in [-0.4, -0.2) is 62.0 Å². The van der Waals surface area contributed by atoms with Crippen molar-refractivity contribution in [1.29, 1.82) is 0 Å². The number of rotatable bonds is 4. The van der Waals surface area contributed by atoms with E-state index in [1.54, 1.807) is 0 Å². The van der Waals surface area contributed by atoms with Crippen LogP contribution >= 0.6 is 0 Å². The third kappa shape index (κ3) is 4.44. The van der Waals surface area contributed by atoms with Crippen molar-refractivity contribution in [2.75, 3.05) is 46.3 Å². The van der Waals surface area contributed by atoms with E-state index in [1.165, 1.54) is 0 Å². The smallest absolute Gasteiger partial charge is 0.236 e. The first-order valence-electron chi connectivity index (χ1n) is 5.41. The summed E-state index contributed by atoms with van der Waals surface area (Å²) in [7, 11) is 1.95. The van der Waals surface area contributed by atoms with Crippen molar-refractivity contribution in [1.82, 2.24) is 15.1 Å². The molecule has 0 aromatic rings. The van der Waals surface area contributed by atoms with Crippen LogP contribution in [0.5, 0.6) is 0 Å². The number of nitrogens with one attached hydrogen (secondary N) is 1. The molecule has 1 N–H and O–H groups in total. The molecule has 1 heterocycles. The molecule has 1 rings (SSSR count). The minimum absolute atomic E-state index is 0.222. The Bertz CT molecular complexity index is 234. The molecule has 0 bridgehead atoms. The molecule has 0 aromatic carbocycles. The second kappa shape index (κ2) is 5.88. The van der Waals surface area contributed by atoms with E-state index >= 15 is 0 Å². The molecule has 4 nitrogen and oxygen atoms in total. The summed E-state index contributed by atoms with van der Waals surface area (Å²) in [4.78, 5) is 15.7. The maximum Gasteiger partial charge on any atom is 0.236 e. The van der Waals surface area contributed by atoms with Gasteiger partial charge in [0.05, 0.1) is 6.54 Å². The van der Waals surface area contributed by atoms with Gasteiger partial charge in [-0.3, -0.25) is 9.69 Å². The molecule has 1 fully saturated rings. The molecular weight excluding hydrogens is 190 g/mol. The number of nitrogens with zero attached hydrogens (tertiary/aromatic N) is 2. The molecule has 4 heteroatoms. The standard InChI is InChI=1S/C11H21N3O/c1-10(2)8-13(3)9-11(15)14-6-4-12-5-7-14/h12H,1,4-9H2,2-3H3. The van der Waals surface area contributed by atoms with E-state index in [-0.39, 0.29) is 5.91 Å². The van der Waals surface area contributed by atoms with Crippen molar-refractivity contribution >= 4 is 5.91 Å². The lowest BCUT2D eigenvalue weighted by Crippen LogP contribution is -2.49. The fourth-order valence-electron chi connectivity index (χ4n) is 1.76. The van der Waals surface area contributed by atoms with E-state index in [4.69, 9.17) is 0 Å². The van der Waals surface area contributed by atoms with Crippen LogP contribution < -0.4 is 5.32 Å². The van der Waals surface area contributed by atoms with Crippen LogP contribution in [0.3, 0.4) is 0 Å². The van der Waals surface area contributed by atoms with Crippen LogP contribution in [-0.2, 0) is 4.79 Å². The highest BCUT2D eigenvalue weighted by Gasteiger charge is 2.17. The highest BCUT2D eigenvalue weighted by Crippen LogP contribution is 1.97. The number of carbonyl (C=O) groups excluding carboxylic acids is 1. The molecule has 0 radical (unpaired) electrons. The van der Waals surface area contributed by atoms with Gasteiger partial charge in [0.25, 0.3) is 0 Å². The second-order valence-corrected chi connectivity index (χ2v) is 4.26. The zero-order valence-corrected chi connectivity index (χ0v) is 9.75. The first-order valence-corrected chi connectivity index (χ1v) is 5.41. The van der Waals surface area contributed by atoms with Gasteiger partial charge in [-0.2, -0.15) is 0 Å². The highest BCUT2D eigenvalue weighted by molar-refractivity contribution is 5.78. The predicted molar refractivity (Wildman–Crippen MR) is 61.8 cm³/mol. The summed E-state index contributed by atoms with van der Waals surface area (Å²) < 4.78 is 0. The average molecular weight is 211 g/mol. The summed E-state index contributed by atoms with van der Waals surface area (Å²) in [6.45, 7) is 10.6. The molecule has 1 saturated heterocycles. The summed E-state index contributed by atoms with van der Waals surface area (Å²) in [5, 5.41) is 3.23. The minimum Gasteiger partial charge on any atom is -0.339 e. The number of amides is 1. The van der Waals surface area contributed by atoms with Crippen molar-refractivity contribution in [2.45, 2.75) is 6.92 Å². The van der Waals surface area contributed by atoms with E-state index in [2.05, 4.69) is 11.9 Å². The highest BCUT2D eigenvalue weighted by atomic mass is 16.2. The van der Waals surface area contributed by atoms with Crippen LogP contribution in [0.4, 0.5) is 0 Å². The molecule has 86 valence electrons. The van der Waals surface area contributed by atoms with Gasteiger partial charge in [-0.05, 0) is 14.0 Å². The number of likely N-dealkylation sites (N-methyl/N-ethyl adjacent to an activating group) is 1. The van der Waals surface area contributed by atoms with Crippen molar-refractivity contribution in [2.24, 2.45) is 0 Å². The van der Waals surface area contributed by atoms with E-state index < -0.39 is 0 Å². The number of piperazine rings is 1. The fourth-order valence-corrected chi connectivity index (χ4v) is 1.76. The topological polar surface area (TPSA) is 35.6 Å². The van der Waals surface area contributed by atoms with E-state index in [0.29, 0.717) is 6.54 Å². The van der Waals surface area contributed by atoms with Crippen molar-refractivity contribution in [3.8, 4) is 0 Å². The van der Waals surface area contributed by atoms with E-state index in [9.17, 15) is 4.79 Å². The number of hydrogen-bond donors (Lipinski definition) is 1. The molecule has 1 aliphatic heterocycles. The summed E-state index contributed by atoms with van der Waals surface area (Å²) in [5.41, 5.74) is 1.09. The fraction of sp³-hybridized carbons (Fsp3) is 0.727. The molecule has 1 aliphatic rings. The summed E-state index contributed by atoms with van der Waals surface area (Å²) >= 11 is 0. The lowest BCUT2D eigenvalue weighted by molar-refractivity contribution is -0.132. The van der Waals surface area contributed by atoms with Gasteiger partial charge in [-0.25, -0.2) is 0 Å². The van der Waals surface area contributed by atoms with Gasteiger partial charge in [-0.15, -0.1) is 0 Å². The van der Waals surface area contributed by atoms with Crippen LogP contribution in [0, 0.1) is 0 Å². The Hall–Kier alpha value is -0.870. The second-order valence-electron chi connectivity index (χ2n) is 4.26. The predicted octanol–water partition coefficient (Wildman–Crippen LogP) is -0.0739. The monoisotopic (exact) mass is 211 g/mol. The average Bonchev–Trinajstić information content (AvgIpc) is 2.17. The summed E-state index contributed by atoms with van der Waals surface area (Å²) in [5.74, 6) is 0.222. The first kappa shape index (κ1) is 12.2. The van der Waals surface area contributed by atoms with Gasteiger partial charge in [0.15, 0.2) is 0 Å². The van der Waals surface area contributed by atoms with Crippen LogP contribution in [0.1, 0.15) is 6.92 Å². The van der Waals surface area contributed by atoms with E-state index in [1.807, 2.05) is 23.8 Å². The molecule has 0 atom stereocenters. The molecule has 0 unspecified atom stereocenters. The quantitative estimate of drug-likeness (QED) is 0.661. The largest absolute Gasteiger partial charge is 0.339 e. The zero-order chi connectivity index (χ0) is 11.3. The Morgan fingerprint density at radius 3 is 2.53 bits per heavy atom. The third-order valence-corrected chi connectivity index (χ3v) is 2.41.